The Hall–Kier alpha value is -1.01. The summed E-state index contributed by atoms with van der Waals surface area (Å²) in [6.07, 6.45) is 2.37. The molecule has 2 N–H and O–H groups in total. The number of rotatable bonds is 9. The Morgan fingerprint density at radius 2 is 2.29 bits per heavy atom. The minimum Gasteiger partial charge on any atom is -0.389 e. The molecule has 2 atom stereocenters. The van der Waals surface area contributed by atoms with Crippen LogP contribution in [-0.4, -0.2) is 50.2 Å². The third-order valence-corrected chi connectivity index (χ3v) is 3.55. The second-order valence-corrected chi connectivity index (χ2v) is 5.37. The average molecular weight is 297 g/mol. The highest BCUT2D eigenvalue weighted by molar-refractivity contribution is 5.17. The smallest absolute Gasteiger partial charge is 0.126 e. The lowest BCUT2D eigenvalue weighted by atomic mass is 10.1. The van der Waals surface area contributed by atoms with Crippen molar-refractivity contribution in [2.24, 2.45) is 0 Å². The predicted octanol–water partition coefficient (Wildman–Crippen LogP) is 1.51. The van der Waals surface area contributed by atoms with Gasteiger partial charge < -0.3 is 19.9 Å². The molecule has 21 heavy (non-hydrogen) atoms. The normalized spacial score (nSPS) is 19.8. The molecule has 2 rings (SSSR count). The number of aliphatic hydroxyl groups excluding tert-OH is 1. The number of aliphatic hydroxyl groups is 1. The van der Waals surface area contributed by atoms with Gasteiger partial charge in [0.15, 0.2) is 0 Å². The molecule has 0 bridgehead atoms. The lowest BCUT2D eigenvalue weighted by Crippen LogP contribution is -2.32. The van der Waals surface area contributed by atoms with Crippen LogP contribution in [0.15, 0.2) is 24.3 Å². The topological polar surface area (TPSA) is 50.7 Å². The molecule has 1 aliphatic heterocycles. The van der Waals surface area contributed by atoms with Gasteiger partial charge in [-0.25, -0.2) is 4.39 Å². The summed E-state index contributed by atoms with van der Waals surface area (Å²) in [4.78, 5) is 0. The van der Waals surface area contributed by atoms with Crippen LogP contribution >= 0.6 is 0 Å². The van der Waals surface area contributed by atoms with E-state index < -0.39 is 6.10 Å². The fourth-order valence-corrected chi connectivity index (χ4v) is 2.36. The van der Waals surface area contributed by atoms with Gasteiger partial charge in [0.2, 0.25) is 0 Å². The summed E-state index contributed by atoms with van der Waals surface area (Å²) in [7, 11) is 0. The first-order valence-electron chi connectivity index (χ1n) is 7.57. The summed E-state index contributed by atoms with van der Waals surface area (Å²) in [6, 6.07) is 6.74. The molecular weight excluding hydrogens is 273 g/mol. The van der Waals surface area contributed by atoms with Crippen molar-refractivity contribution < 1.29 is 19.0 Å². The Morgan fingerprint density at radius 3 is 3.05 bits per heavy atom. The number of halogens is 1. The Balaban J connectivity index is 1.50. The molecule has 1 heterocycles. The molecule has 118 valence electrons. The maximum Gasteiger partial charge on any atom is 0.126 e. The minimum atomic E-state index is -0.549. The van der Waals surface area contributed by atoms with Gasteiger partial charge in [0, 0.05) is 13.2 Å². The van der Waals surface area contributed by atoms with Gasteiger partial charge in [-0.1, -0.05) is 18.2 Å². The summed E-state index contributed by atoms with van der Waals surface area (Å²) in [6.45, 7) is 2.73. The summed E-state index contributed by atoms with van der Waals surface area (Å²) in [5.41, 5.74) is 0.689. The highest BCUT2D eigenvalue weighted by Gasteiger charge is 2.16. The van der Waals surface area contributed by atoms with Gasteiger partial charge in [-0.2, -0.15) is 0 Å². The zero-order valence-electron chi connectivity index (χ0n) is 12.3. The first-order chi connectivity index (χ1) is 10.3. The third kappa shape index (κ3) is 6.09. The molecule has 0 aliphatic carbocycles. The van der Waals surface area contributed by atoms with Crippen LogP contribution in [0.2, 0.25) is 0 Å². The average Bonchev–Trinajstić information content (AvgIpc) is 2.98. The van der Waals surface area contributed by atoms with Crippen molar-refractivity contribution in [3.8, 4) is 0 Å². The van der Waals surface area contributed by atoms with E-state index in [9.17, 15) is 9.50 Å². The summed E-state index contributed by atoms with van der Waals surface area (Å²) in [5.74, 6) is -0.181. The Morgan fingerprint density at radius 1 is 1.43 bits per heavy atom. The van der Waals surface area contributed by atoms with E-state index >= 15 is 0 Å². The number of nitrogens with one attached hydrogen (secondary N) is 1. The van der Waals surface area contributed by atoms with Crippen LogP contribution in [0.3, 0.4) is 0 Å². The lowest BCUT2D eigenvalue weighted by molar-refractivity contribution is -0.0163. The molecule has 1 aromatic carbocycles. The predicted molar refractivity (Wildman–Crippen MR) is 78.8 cm³/mol. The van der Waals surface area contributed by atoms with Crippen molar-refractivity contribution in [3.05, 3.63) is 35.6 Å². The van der Waals surface area contributed by atoms with Gasteiger partial charge in [-0.3, -0.25) is 0 Å². The summed E-state index contributed by atoms with van der Waals surface area (Å²) in [5, 5.41) is 12.9. The number of benzene rings is 1. The Bertz CT molecular complexity index is 410. The maximum atomic E-state index is 13.4. The third-order valence-electron chi connectivity index (χ3n) is 3.55. The van der Waals surface area contributed by atoms with E-state index in [-0.39, 0.29) is 11.9 Å². The van der Waals surface area contributed by atoms with Gasteiger partial charge in [-0.05, 0) is 37.4 Å². The number of hydrogen-bond donors (Lipinski definition) is 2. The van der Waals surface area contributed by atoms with E-state index in [4.69, 9.17) is 9.47 Å². The fraction of sp³-hybridized carbons (Fsp3) is 0.625. The van der Waals surface area contributed by atoms with Crippen molar-refractivity contribution in [2.75, 3.05) is 32.9 Å². The van der Waals surface area contributed by atoms with E-state index in [2.05, 4.69) is 5.32 Å². The molecule has 0 spiro atoms. The minimum absolute atomic E-state index is 0.181. The molecule has 1 saturated heterocycles. The standard InChI is InChI=1S/C16H24FNO3/c17-16-6-2-1-4-13(16)7-8-18-10-14(19)11-20-12-15-5-3-9-21-15/h1-2,4,6,14-15,18-19H,3,5,7-12H2. The van der Waals surface area contributed by atoms with Crippen LogP contribution < -0.4 is 5.32 Å². The molecule has 1 aromatic rings. The Kier molecular flexibility index (Phi) is 7.09. The Labute approximate surface area is 125 Å². The van der Waals surface area contributed by atoms with Gasteiger partial charge >= 0.3 is 0 Å². The van der Waals surface area contributed by atoms with Gasteiger partial charge in [0.25, 0.3) is 0 Å². The van der Waals surface area contributed by atoms with Crippen molar-refractivity contribution in [2.45, 2.75) is 31.5 Å². The molecule has 0 amide bonds. The van der Waals surface area contributed by atoms with E-state index in [1.54, 1.807) is 12.1 Å². The molecular formula is C16H24FNO3. The van der Waals surface area contributed by atoms with Gasteiger partial charge in [0.1, 0.15) is 5.82 Å². The summed E-state index contributed by atoms with van der Waals surface area (Å²) < 4.78 is 24.3. The lowest BCUT2D eigenvalue weighted by Gasteiger charge is -2.14. The van der Waals surface area contributed by atoms with E-state index in [1.807, 2.05) is 6.07 Å². The largest absolute Gasteiger partial charge is 0.389 e. The van der Waals surface area contributed by atoms with Crippen molar-refractivity contribution in [1.82, 2.24) is 5.32 Å². The maximum absolute atomic E-state index is 13.4. The first kappa shape index (κ1) is 16.4. The molecule has 5 heteroatoms. The molecule has 1 aliphatic rings. The fourth-order valence-electron chi connectivity index (χ4n) is 2.36. The van der Waals surface area contributed by atoms with Gasteiger partial charge in [-0.15, -0.1) is 0 Å². The first-order valence-corrected chi connectivity index (χ1v) is 7.57. The highest BCUT2D eigenvalue weighted by Crippen LogP contribution is 2.11. The van der Waals surface area contributed by atoms with Gasteiger partial charge in [0.05, 0.1) is 25.4 Å². The van der Waals surface area contributed by atoms with E-state index in [1.165, 1.54) is 6.07 Å². The number of hydrogen-bond acceptors (Lipinski definition) is 4. The molecule has 0 radical (unpaired) electrons. The van der Waals surface area contributed by atoms with Crippen LogP contribution in [0.1, 0.15) is 18.4 Å². The van der Waals surface area contributed by atoms with Crippen molar-refractivity contribution in [3.63, 3.8) is 0 Å². The monoisotopic (exact) mass is 297 g/mol. The van der Waals surface area contributed by atoms with Crippen molar-refractivity contribution >= 4 is 0 Å². The second-order valence-electron chi connectivity index (χ2n) is 5.37. The summed E-state index contributed by atoms with van der Waals surface area (Å²) >= 11 is 0. The highest BCUT2D eigenvalue weighted by atomic mass is 19.1. The molecule has 1 fully saturated rings. The second kappa shape index (κ2) is 9.10. The molecule has 4 nitrogen and oxygen atoms in total. The zero-order chi connectivity index (χ0) is 14.9. The van der Waals surface area contributed by atoms with E-state index in [0.717, 1.165) is 19.4 Å². The van der Waals surface area contributed by atoms with Crippen LogP contribution in [-0.2, 0) is 15.9 Å². The molecule has 0 aromatic heterocycles. The van der Waals surface area contributed by atoms with Crippen molar-refractivity contribution in [1.29, 1.82) is 0 Å². The SMILES string of the molecule is OC(CNCCc1ccccc1F)COCC1CCCO1. The van der Waals surface area contributed by atoms with Crippen LogP contribution in [0.4, 0.5) is 4.39 Å². The number of ether oxygens (including phenoxy) is 2. The van der Waals surface area contributed by atoms with E-state index in [0.29, 0.717) is 38.3 Å². The quantitative estimate of drug-likeness (QED) is 0.679. The van der Waals surface area contributed by atoms with Crippen LogP contribution in [0.25, 0.3) is 0 Å². The van der Waals surface area contributed by atoms with Crippen LogP contribution in [0.5, 0.6) is 0 Å². The molecule has 2 unspecified atom stereocenters. The molecule has 0 saturated carbocycles. The zero-order valence-corrected chi connectivity index (χ0v) is 12.3. The van der Waals surface area contributed by atoms with Crippen LogP contribution in [0, 0.1) is 5.82 Å².